The molecule has 1 N–H and O–H groups in total. The van der Waals surface area contributed by atoms with Gasteiger partial charge in [-0.1, -0.05) is 0 Å². The van der Waals surface area contributed by atoms with E-state index < -0.39 is 0 Å². The van der Waals surface area contributed by atoms with Gasteiger partial charge in [0.05, 0.1) is 5.56 Å². The minimum absolute atomic E-state index is 0.0339. The molecule has 0 bridgehead atoms. The molecule has 1 aromatic heterocycles. The lowest BCUT2D eigenvalue weighted by atomic mass is 10.2. The van der Waals surface area contributed by atoms with Crippen molar-refractivity contribution in [3.05, 3.63) is 22.3 Å². The zero-order valence-corrected chi connectivity index (χ0v) is 12.3. The van der Waals surface area contributed by atoms with E-state index in [1.54, 1.807) is 11.1 Å². The Morgan fingerprint density at radius 1 is 1.61 bits per heavy atom. The maximum absolute atomic E-state index is 12.4. The molecular weight excluding hydrogens is 294 g/mol. The van der Waals surface area contributed by atoms with Crippen LogP contribution in [0.3, 0.4) is 0 Å². The molecule has 0 radical (unpaired) electrons. The molecule has 0 aliphatic heterocycles. The molecule has 0 unspecified atom stereocenters. The summed E-state index contributed by atoms with van der Waals surface area (Å²) in [7, 11) is 1.86. The smallest absolute Gasteiger partial charge is 0.257 e. The number of aromatic nitrogens is 1. The van der Waals surface area contributed by atoms with Gasteiger partial charge in [0.2, 0.25) is 0 Å². The molecule has 0 atom stereocenters. The topological polar surface area (TPSA) is 45.2 Å². The molecule has 1 fully saturated rings. The zero-order valence-electron chi connectivity index (χ0n) is 10.7. The zero-order chi connectivity index (χ0) is 13.1. The van der Waals surface area contributed by atoms with Gasteiger partial charge in [0, 0.05) is 30.8 Å². The normalized spacial score (nSPS) is 14.4. The molecule has 1 amide bonds. The Labute approximate surface area is 116 Å². The van der Waals surface area contributed by atoms with E-state index in [-0.39, 0.29) is 5.91 Å². The number of rotatable bonds is 5. The second-order valence-corrected chi connectivity index (χ2v) is 5.62. The van der Waals surface area contributed by atoms with E-state index in [0.717, 1.165) is 17.6 Å². The van der Waals surface area contributed by atoms with Crippen LogP contribution in [0.25, 0.3) is 0 Å². The molecule has 1 aliphatic carbocycles. The average Bonchev–Trinajstić information content (AvgIpc) is 3.14. The van der Waals surface area contributed by atoms with Crippen molar-refractivity contribution in [2.75, 3.05) is 25.5 Å². The van der Waals surface area contributed by atoms with Gasteiger partial charge in [-0.15, -0.1) is 0 Å². The monoisotopic (exact) mass is 311 g/mol. The number of pyridine rings is 1. The molecule has 1 saturated carbocycles. The van der Waals surface area contributed by atoms with E-state index in [4.69, 9.17) is 0 Å². The highest BCUT2D eigenvalue weighted by molar-refractivity contribution is 9.10. The van der Waals surface area contributed by atoms with Crippen molar-refractivity contribution in [3.8, 4) is 0 Å². The fourth-order valence-corrected chi connectivity index (χ4v) is 2.22. The van der Waals surface area contributed by atoms with E-state index >= 15 is 0 Å². The SMILES string of the molecule is CCNc1ncc(Br)cc1C(=O)N(C)CC1CC1. The highest BCUT2D eigenvalue weighted by Crippen LogP contribution is 2.30. The van der Waals surface area contributed by atoms with Crippen molar-refractivity contribution in [1.29, 1.82) is 0 Å². The molecule has 98 valence electrons. The summed E-state index contributed by atoms with van der Waals surface area (Å²) in [6, 6.07) is 1.83. The summed E-state index contributed by atoms with van der Waals surface area (Å²) in [6.45, 7) is 3.59. The number of carbonyl (C=O) groups excluding carboxylic acids is 1. The van der Waals surface area contributed by atoms with Crippen molar-refractivity contribution in [2.45, 2.75) is 19.8 Å². The summed E-state index contributed by atoms with van der Waals surface area (Å²) in [5, 5.41) is 3.13. The molecule has 5 heteroatoms. The van der Waals surface area contributed by atoms with Crippen molar-refractivity contribution in [2.24, 2.45) is 5.92 Å². The summed E-state index contributed by atoms with van der Waals surface area (Å²) >= 11 is 3.37. The van der Waals surface area contributed by atoms with Crippen LogP contribution in [0.15, 0.2) is 16.7 Å². The molecule has 0 spiro atoms. The van der Waals surface area contributed by atoms with Crippen LogP contribution in [0, 0.1) is 5.92 Å². The van der Waals surface area contributed by atoms with Crippen LogP contribution in [0.2, 0.25) is 0 Å². The first kappa shape index (κ1) is 13.3. The van der Waals surface area contributed by atoms with Crippen LogP contribution < -0.4 is 5.32 Å². The van der Waals surface area contributed by atoms with Crippen molar-refractivity contribution >= 4 is 27.7 Å². The van der Waals surface area contributed by atoms with Gasteiger partial charge in [0.25, 0.3) is 5.91 Å². The first-order chi connectivity index (χ1) is 8.61. The van der Waals surface area contributed by atoms with Crippen LogP contribution in [0.4, 0.5) is 5.82 Å². The highest BCUT2D eigenvalue weighted by atomic mass is 79.9. The highest BCUT2D eigenvalue weighted by Gasteiger charge is 2.26. The van der Waals surface area contributed by atoms with E-state index in [9.17, 15) is 4.79 Å². The van der Waals surface area contributed by atoms with Gasteiger partial charge >= 0.3 is 0 Å². The molecule has 1 heterocycles. The third kappa shape index (κ3) is 3.22. The molecule has 0 aromatic carbocycles. The van der Waals surface area contributed by atoms with Crippen molar-refractivity contribution < 1.29 is 4.79 Å². The Kier molecular flexibility index (Phi) is 4.22. The number of hydrogen-bond donors (Lipinski definition) is 1. The standard InChI is InChI=1S/C13H18BrN3O/c1-3-15-12-11(6-10(14)7-16-12)13(18)17(2)8-9-4-5-9/h6-7,9H,3-5,8H2,1-2H3,(H,15,16). The lowest BCUT2D eigenvalue weighted by Crippen LogP contribution is -2.29. The largest absolute Gasteiger partial charge is 0.370 e. The predicted octanol–water partition coefficient (Wildman–Crippen LogP) is 2.76. The first-order valence-electron chi connectivity index (χ1n) is 6.26. The lowest BCUT2D eigenvalue weighted by Gasteiger charge is -2.18. The van der Waals surface area contributed by atoms with Crippen LogP contribution in [0.1, 0.15) is 30.1 Å². The van der Waals surface area contributed by atoms with Gasteiger partial charge < -0.3 is 10.2 Å². The van der Waals surface area contributed by atoms with Gasteiger partial charge in [0.1, 0.15) is 5.82 Å². The Bertz CT molecular complexity index is 446. The molecule has 4 nitrogen and oxygen atoms in total. The second kappa shape index (κ2) is 5.69. The molecule has 0 saturated heterocycles. The fraction of sp³-hybridized carbons (Fsp3) is 0.538. The van der Waals surface area contributed by atoms with Crippen LogP contribution in [-0.4, -0.2) is 35.9 Å². The first-order valence-corrected chi connectivity index (χ1v) is 7.06. The van der Waals surface area contributed by atoms with Crippen molar-refractivity contribution in [1.82, 2.24) is 9.88 Å². The summed E-state index contributed by atoms with van der Waals surface area (Å²) in [5.74, 6) is 1.39. The van der Waals surface area contributed by atoms with Gasteiger partial charge in [-0.25, -0.2) is 4.98 Å². The second-order valence-electron chi connectivity index (χ2n) is 4.71. The minimum atomic E-state index is 0.0339. The quantitative estimate of drug-likeness (QED) is 0.909. The number of carbonyl (C=O) groups is 1. The number of hydrogen-bond acceptors (Lipinski definition) is 3. The summed E-state index contributed by atoms with van der Waals surface area (Å²) < 4.78 is 0.826. The van der Waals surface area contributed by atoms with E-state index in [2.05, 4.69) is 26.2 Å². The summed E-state index contributed by atoms with van der Waals surface area (Å²) in [6.07, 6.45) is 4.19. The lowest BCUT2D eigenvalue weighted by molar-refractivity contribution is 0.0789. The minimum Gasteiger partial charge on any atom is -0.370 e. The number of nitrogens with one attached hydrogen (secondary N) is 1. The average molecular weight is 312 g/mol. The van der Waals surface area contributed by atoms with Gasteiger partial charge in [0.15, 0.2) is 0 Å². The van der Waals surface area contributed by atoms with E-state index in [1.165, 1.54) is 12.8 Å². The third-order valence-electron chi connectivity index (χ3n) is 3.00. The van der Waals surface area contributed by atoms with Gasteiger partial charge in [-0.05, 0) is 47.7 Å². The predicted molar refractivity (Wildman–Crippen MR) is 75.8 cm³/mol. The third-order valence-corrected chi connectivity index (χ3v) is 3.44. The summed E-state index contributed by atoms with van der Waals surface area (Å²) in [4.78, 5) is 18.4. The Morgan fingerprint density at radius 3 is 2.94 bits per heavy atom. The van der Waals surface area contributed by atoms with Crippen LogP contribution >= 0.6 is 15.9 Å². The molecular formula is C13H18BrN3O. The Morgan fingerprint density at radius 2 is 2.33 bits per heavy atom. The molecule has 2 rings (SSSR count). The van der Waals surface area contributed by atoms with Gasteiger partial charge in [-0.3, -0.25) is 4.79 Å². The molecule has 18 heavy (non-hydrogen) atoms. The Balaban J connectivity index is 2.18. The fourth-order valence-electron chi connectivity index (χ4n) is 1.89. The van der Waals surface area contributed by atoms with E-state index in [0.29, 0.717) is 17.3 Å². The van der Waals surface area contributed by atoms with Crippen LogP contribution in [0.5, 0.6) is 0 Å². The van der Waals surface area contributed by atoms with Crippen LogP contribution in [-0.2, 0) is 0 Å². The number of nitrogens with zero attached hydrogens (tertiary/aromatic N) is 2. The maximum Gasteiger partial charge on any atom is 0.257 e. The molecule has 1 aliphatic rings. The number of anilines is 1. The maximum atomic E-state index is 12.4. The molecule has 1 aromatic rings. The number of halogens is 1. The Hall–Kier alpha value is -1.10. The van der Waals surface area contributed by atoms with Crippen molar-refractivity contribution in [3.63, 3.8) is 0 Å². The summed E-state index contributed by atoms with van der Waals surface area (Å²) in [5.41, 5.74) is 0.634. The van der Waals surface area contributed by atoms with E-state index in [1.807, 2.05) is 20.0 Å². The number of amides is 1. The van der Waals surface area contributed by atoms with Gasteiger partial charge in [-0.2, -0.15) is 0 Å².